The highest BCUT2D eigenvalue weighted by atomic mass is 19.1. The molecule has 3 N–H and O–H groups in total. The van der Waals surface area contributed by atoms with Gasteiger partial charge in [0, 0.05) is 18.0 Å². The van der Waals surface area contributed by atoms with Crippen LogP contribution < -0.4 is 5.73 Å². The standard InChI is InChI=1S/C13H17F2NO2/c1-13(2,15)12-8(4-3-5-9(12)14)10(16)6-7-11(17)18/h3-5,10H,6-7,16H2,1-2H3,(H,17,18). The van der Waals surface area contributed by atoms with E-state index in [1.165, 1.54) is 32.0 Å². The molecule has 1 aromatic rings. The van der Waals surface area contributed by atoms with E-state index in [-0.39, 0.29) is 18.4 Å². The summed E-state index contributed by atoms with van der Waals surface area (Å²) in [5.74, 6) is -1.64. The third-order valence-corrected chi connectivity index (χ3v) is 2.71. The summed E-state index contributed by atoms with van der Waals surface area (Å²) >= 11 is 0. The van der Waals surface area contributed by atoms with Crippen LogP contribution in [0.2, 0.25) is 0 Å². The van der Waals surface area contributed by atoms with Crippen molar-refractivity contribution in [1.82, 2.24) is 0 Å². The Labute approximate surface area is 105 Å². The van der Waals surface area contributed by atoms with E-state index in [0.717, 1.165) is 0 Å². The van der Waals surface area contributed by atoms with Crippen LogP contribution in [0.3, 0.4) is 0 Å². The minimum absolute atomic E-state index is 0.0945. The molecule has 0 aliphatic carbocycles. The summed E-state index contributed by atoms with van der Waals surface area (Å²) in [6, 6.07) is 3.46. The highest BCUT2D eigenvalue weighted by Crippen LogP contribution is 2.33. The van der Waals surface area contributed by atoms with Crippen LogP contribution >= 0.6 is 0 Å². The first-order chi connectivity index (χ1) is 8.23. The first kappa shape index (κ1) is 14.6. The molecule has 0 aromatic heterocycles. The number of carbonyl (C=O) groups is 1. The van der Waals surface area contributed by atoms with Gasteiger partial charge in [-0.05, 0) is 31.9 Å². The van der Waals surface area contributed by atoms with Gasteiger partial charge in [0.2, 0.25) is 0 Å². The molecule has 1 rings (SSSR count). The molecule has 0 heterocycles. The van der Waals surface area contributed by atoms with E-state index in [1.807, 2.05) is 0 Å². The first-order valence-corrected chi connectivity index (χ1v) is 5.68. The molecular weight excluding hydrogens is 240 g/mol. The smallest absolute Gasteiger partial charge is 0.303 e. The monoisotopic (exact) mass is 257 g/mol. The number of aliphatic carboxylic acids is 1. The van der Waals surface area contributed by atoms with Crippen molar-refractivity contribution in [1.29, 1.82) is 0 Å². The molecule has 0 amide bonds. The van der Waals surface area contributed by atoms with Crippen molar-refractivity contribution in [2.75, 3.05) is 0 Å². The summed E-state index contributed by atoms with van der Waals surface area (Å²) < 4.78 is 27.7. The predicted octanol–water partition coefficient (Wildman–Crippen LogP) is 2.89. The third kappa shape index (κ3) is 3.50. The van der Waals surface area contributed by atoms with Crippen molar-refractivity contribution in [3.63, 3.8) is 0 Å². The molecule has 0 fully saturated rings. The lowest BCUT2D eigenvalue weighted by Crippen LogP contribution is -2.21. The van der Waals surface area contributed by atoms with Crippen LogP contribution in [0.1, 0.15) is 43.9 Å². The van der Waals surface area contributed by atoms with Crippen molar-refractivity contribution in [3.05, 3.63) is 35.1 Å². The largest absolute Gasteiger partial charge is 0.481 e. The summed E-state index contributed by atoms with van der Waals surface area (Å²) in [4.78, 5) is 10.5. The molecule has 100 valence electrons. The van der Waals surface area contributed by atoms with Gasteiger partial charge in [-0.15, -0.1) is 0 Å². The Balaban J connectivity index is 3.08. The summed E-state index contributed by atoms with van der Waals surface area (Å²) in [5, 5.41) is 8.59. The minimum atomic E-state index is -1.86. The molecule has 1 aromatic carbocycles. The number of alkyl halides is 1. The quantitative estimate of drug-likeness (QED) is 0.852. The molecule has 0 spiro atoms. The SMILES string of the molecule is CC(C)(F)c1c(F)cccc1C(N)CCC(=O)O. The zero-order chi connectivity index (χ0) is 13.9. The Bertz CT molecular complexity index is 441. The number of benzene rings is 1. The van der Waals surface area contributed by atoms with E-state index in [0.29, 0.717) is 5.56 Å². The lowest BCUT2D eigenvalue weighted by Gasteiger charge is -2.23. The molecule has 18 heavy (non-hydrogen) atoms. The van der Waals surface area contributed by atoms with E-state index >= 15 is 0 Å². The van der Waals surface area contributed by atoms with Crippen molar-refractivity contribution in [3.8, 4) is 0 Å². The summed E-state index contributed by atoms with van der Waals surface area (Å²) in [7, 11) is 0. The van der Waals surface area contributed by atoms with Gasteiger partial charge in [0.15, 0.2) is 0 Å². The number of nitrogens with two attached hydrogens (primary N) is 1. The van der Waals surface area contributed by atoms with E-state index in [4.69, 9.17) is 10.8 Å². The lowest BCUT2D eigenvalue weighted by atomic mass is 9.89. The van der Waals surface area contributed by atoms with Gasteiger partial charge in [0.05, 0.1) is 0 Å². The van der Waals surface area contributed by atoms with Gasteiger partial charge in [0.25, 0.3) is 0 Å². The molecule has 5 heteroatoms. The fourth-order valence-electron chi connectivity index (χ4n) is 1.91. The summed E-state index contributed by atoms with van der Waals surface area (Å²) in [6.45, 7) is 2.50. The van der Waals surface area contributed by atoms with E-state index < -0.39 is 23.5 Å². The Morgan fingerprint density at radius 2 is 2.11 bits per heavy atom. The lowest BCUT2D eigenvalue weighted by molar-refractivity contribution is -0.137. The zero-order valence-electron chi connectivity index (χ0n) is 10.4. The predicted molar refractivity (Wildman–Crippen MR) is 64.3 cm³/mol. The van der Waals surface area contributed by atoms with Gasteiger partial charge in [-0.1, -0.05) is 12.1 Å². The second-order valence-corrected chi connectivity index (χ2v) is 4.72. The molecule has 0 bridgehead atoms. The van der Waals surface area contributed by atoms with Gasteiger partial charge in [-0.2, -0.15) is 0 Å². The molecule has 0 saturated heterocycles. The Kier molecular flexibility index (Phi) is 4.40. The number of hydrogen-bond acceptors (Lipinski definition) is 2. The molecule has 3 nitrogen and oxygen atoms in total. The van der Waals surface area contributed by atoms with Crippen molar-refractivity contribution in [2.24, 2.45) is 5.73 Å². The van der Waals surface area contributed by atoms with Crippen LogP contribution in [-0.4, -0.2) is 11.1 Å². The molecular formula is C13H17F2NO2. The fourth-order valence-corrected chi connectivity index (χ4v) is 1.91. The molecule has 1 atom stereocenters. The van der Waals surface area contributed by atoms with Crippen LogP contribution in [-0.2, 0) is 10.5 Å². The number of carboxylic acid groups (broad SMARTS) is 1. The minimum Gasteiger partial charge on any atom is -0.481 e. The number of hydrogen-bond donors (Lipinski definition) is 2. The molecule has 0 radical (unpaired) electrons. The summed E-state index contributed by atoms with van der Waals surface area (Å²) in [5.41, 5.74) is 4.18. The third-order valence-electron chi connectivity index (χ3n) is 2.71. The number of carboxylic acids is 1. The average Bonchev–Trinajstić information content (AvgIpc) is 2.23. The van der Waals surface area contributed by atoms with Crippen LogP contribution in [0.4, 0.5) is 8.78 Å². The van der Waals surface area contributed by atoms with Crippen LogP contribution in [0.15, 0.2) is 18.2 Å². The molecule has 1 unspecified atom stereocenters. The van der Waals surface area contributed by atoms with E-state index in [1.54, 1.807) is 0 Å². The molecule has 0 aliphatic heterocycles. The van der Waals surface area contributed by atoms with Gasteiger partial charge in [-0.25, -0.2) is 8.78 Å². The molecule has 0 saturated carbocycles. The van der Waals surface area contributed by atoms with Crippen molar-refractivity contribution in [2.45, 2.75) is 38.4 Å². The van der Waals surface area contributed by atoms with Gasteiger partial charge >= 0.3 is 5.97 Å². The highest BCUT2D eigenvalue weighted by Gasteiger charge is 2.28. The fraction of sp³-hybridized carbons (Fsp3) is 0.462. The Hall–Kier alpha value is -1.49. The Morgan fingerprint density at radius 3 is 2.61 bits per heavy atom. The maximum Gasteiger partial charge on any atom is 0.303 e. The van der Waals surface area contributed by atoms with Crippen molar-refractivity contribution < 1.29 is 18.7 Å². The first-order valence-electron chi connectivity index (χ1n) is 5.68. The van der Waals surface area contributed by atoms with Crippen LogP contribution in [0, 0.1) is 5.82 Å². The van der Waals surface area contributed by atoms with Crippen molar-refractivity contribution >= 4 is 5.97 Å². The second-order valence-electron chi connectivity index (χ2n) is 4.72. The maximum atomic E-state index is 14.0. The summed E-state index contributed by atoms with van der Waals surface area (Å²) in [6.07, 6.45) is 0.00566. The van der Waals surface area contributed by atoms with E-state index in [9.17, 15) is 13.6 Å². The van der Waals surface area contributed by atoms with Crippen LogP contribution in [0.25, 0.3) is 0 Å². The maximum absolute atomic E-state index is 14.0. The van der Waals surface area contributed by atoms with Crippen LogP contribution in [0.5, 0.6) is 0 Å². The average molecular weight is 257 g/mol. The second kappa shape index (κ2) is 5.44. The molecule has 0 aliphatic rings. The van der Waals surface area contributed by atoms with Gasteiger partial charge in [-0.3, -0.25) is 4.79 Å². The number of halogens is 2. The normalized spacial score (nSPS) is 13.4. The topological polar surface area (TPSA) is 63.3 Å². The Morgan fingerprint density at radius 1 is 1.50 bits per heavy atom. The van der Waals surface area contributed by atoms with Gasteiger partial charge in [0.1, 0.15) is 11.5 Å². The van der Waals surface area contributed by atoms with E-state index in [2.05, 4.69) is 0 Å². The number of rotatable bonds is 5. The zero-order valence-corrected chi connectivity index (χ0v) is 10.4. The highest BCUT2D eigenvalue weighted by molar-refractivity contribution is 5.66. The van der Waals surface area contributed by atoms with Gasteiger partial charge < -0.3 is 10.8 Å².